The molecule has 1 fully saturated rings. The molecule has 8 aromatic heterocycles. The van der Waals surface area contributed by atoms with Crippen LogP contribution in [0.2, 0.25) is 0 Å². The number of aromatic nitrogens is 16. The van der Waals surface area contributed by atoms with Crippen LogP contribution in [0.15, 0.2) is 128 Å². The molecule has 310 valence electrons. The van der Waals surface area contributed by atoms with E-state index in [-0.39, 0.29) is 33.4 Å². The molecule has 1 saturated heterocycles. The molecule has 2 aliphatic heterocycles. The zero-order chi connectivity index (χ0) is 42.3. The van der Waals surface area contributed by atoms with E-state index in [2.05, 4.69) is 134 Å². The van der Waals surface area contributed by atoms with Crippen molar-refractivity contribution in [2.45, 2.75) is 0 Å². The quantitative estimate of drug-likeness (QED) is 0.0556. The van der Waals surface area contributed by atoms with Gasteiger partial charge in [-0.2, -0.15) is 29.0 Å². The fourth-order valence-electron chi connectivity index (χ4n) is 1.98. The SMILES string of the molecule is O=C1CNC(=O)N1.O=S1N=CNO1.O=c1[nH]cn[nH]1.O=c1[nH]cno1.O=c1[nH]cns1.O=c1cco[nH]1.S=c1nc[nH]o1.c1cocn1.c1nc[nH]n1.c1nnco1. The van der Waals surface area contributed by atoms with Crippen LogP contribution in [0.4, 0.5) is 4.79 Å². The van der Waals surface area contributed by atoms with Crippen LogP contribution < -0.4 is 38.0 Å². The van der Waals surface area contributed by atoms with Gasteiger partial charge in [-0.15, -0.1) is 14.6 Å². The van der Waals surface area contributed by atoms with Crippen LogP contribution in [0.5, 0.6) is 0 Å². The molecule has 0 bridgehead atoms. The molecule has 33 nitrogen and oxygen atoms in total. The van der Waals surface area contributed by atoms with Crippen molar-refractivity contribution in [2.75, 3.05) is 6.54 Å². The van der Waals surface area contributed by atoms with Gasteiger partial charge in [0.15, 0.2) is 6.39 Å². The van der Waals surface area contributed by atoms with Gasteiger partial charge in [0, 0.05) is 17.6 Å². The molecule has 0 radical (unpaired) electrons. The summed E-state index contributed by atoms with van der Waals surface area (Å²) in [6.45, 7) is 0.124. The maximum absolute atomic E-state index is 10.1. The molecule has 0 spiro atoms. The first-order valence-corrected chi connectivity index (χ1v) is 16.3. The molecule has 0 saturated carbocycles. The molecule has 10 heterocycles. The van der Waals surface area contributed by atoms with Gasteiger partial charge in [-0.1, -0.05) is 5.16 Å². The Bertz CT molecular complexity index is 1950. The van der Waals surface area contributed by atoms with Crippen molar-refractivity contribution in [2.24, 2.45) is 4.40 Å². The second-order valence-corrected chi connectivity index (χ2v) is 9.70. The number of hydrogen-bond donors (Lipinski definition) is 10. The van der Waals surface area contributed by atoms with Crippen molar-refractivity contribution in [3.05, 3.63) is 128 Å². The topological polar surface area (TPSA) is 469 Å². The van der Waals surface area contributed by atoms with Gasteiger partial charge < -0.3 is 28.2 Å². The van der Waals surface area contributed by atoms with Crippen molar-refractivity contribution in [1.29, 1.82) is 0 Å². The third-order valence-electron chi connectivity index (χ3n) is 3.92. The number of nitrogens with zero attached hydrogens (tertiary/aromatic N) is 10. The van der Waals surface area contributed by atoms with E-state index in [0.717, 1.165) is 11.5 Å². The second-order valence-electron chi connectivity index (χ2n) is 7.78. The third kappa shape index (κ3) is 31.2. The molecule has 0 aliphatic carbocycles. The van der Waals surface area contributed by atoms with E-state index in [1.54, 1.807) is 6.20 Å². The van der Waals surface area contributed by atoms with Gasteiger partial charge in [0.05, 0.1) is 12.7 Å². The average Bonchev–Trinajstić information content (AvgIpc) is 4.06. The van der Waals surface area contributed by atoms with Crippen LogP contribution in [-0.4, -0.2) is 109 Å². The summed E-state index contributed by atoms with van der Waals surface area (Å²) in [5.41, 5.74) is 1.71. The number of urea groups is 1. The van der Waals surface area contributed by atoms with Crippen molar-refractivity contribution in [3.8, 4) is 0 Å². The summed E-state index contributed by atoms with van der Waals surface area (Å²) in [6.07, 6.45) is 17.7. The van der Waals surface area contributed by atoms with Gasteiger partial charge in [0.2, 0.25) is 18.7 Å². The van der Waals surface area contributed by atoms with Crippen molar-refractivity contribution >= 4 is 53.3 Å². The number of rotatable bonds is 0. The van der Waals surface area contributed by atoms with Crippen LogP contribution in [0.1, 0.15) is 0 Å². The summed E-state index contributed by atoms with van der Waals surface area (Å²) < 4.78 is 42.3. The third-order valence-corrected chi connectivity index (χ3v) is 5.12. The van der Waals surface area contributed by atoms with Gasteiger partial charge in [-0.05, 0) is 12.2 Å². The standard InChI is InChI=1S/C3H4N2O2.C3H3NO2.C3H3NO.C2H3N3O.C2H3N3.C2H2N2O2.2C2H2N2OS.C2H2N2O.CH2N2O2S/c6-2-1-4-3(7)5-2;5-3-1-2-6-4-3;1-2-5-3-4-1;6-2-3-1-4-5-2;1-3-2-5-4-1;2*5-2-3-1-4-6-2;6-2-3-1-4-5-2;1-3-4-2-5-1;4-6-3-1-2-5-6/h1H2,(H2,4,5,6,7);1-2H,(H,4,5);1-3H;1H,(H2,3,4,5,6);1-2H,(H,3,4,5);2*1H,(H,3,4,5);1H,(H,3,4,6);1-2H;1H,(H,2,3). The summed E-state index contributed by atoms with van der Waals surface area (Å²) in [4.78, 5) is 77.2. The lowest BCUT2D eigenvalue weighted by Gasteiger charge is -1.78. The summed E-state index contributed by atoms with van der Waals surface area (Å²) in [5.74, 6) is -0.778. The smallest absolute Gasteiger partial charge is 0.438 e. The highest BCUT2D eigenvalue weighted by Gasteiger charge is 2.14. The number of nitrogens with one attached hydrogen (secondary N) is 10. The Hall–Kier alpha value is -8.38. The minimum atomic E-state index is -1.46. The highest BCUT2D eigenvalue weighted by Crippen LogP contribution is 1.85. The Labute approximate surface area is 328 Å². The van der Waals surface area contributed by atoms with E-state index in [1.165, 1.54) is 82.1 Å². The first-order valence-electron chi connectivity index (χ1n) is 14.1. The van der Waals surface area contributed by atoms with Gasteiger partial charge in [-0.3, -0.25) is 39.3 Å². The zero-order valence-corrected chi connectivity index (χ0v) is 30.7. The molecular formula is C22H26N20O13S3. The van der Waals surface area contributed by atoms with Crippen molar-refractivity contribution in [3.63, 3.8) is 0 Å². The molecule has 10 rings (SSSR count). The van der Waals surface area contributed by atoms with E-state index >= 15 is 0 Å². The maximum atomic E-state index is 10.1. The minimum absolute atomic E-state index is 0.102. The summed E-state index contributed by atoms with van der Waals surface area (Å²) in [7, 11) is 0. The minimum Gasteiger partial charge on any atom is -0.452 e. The number of carbonyl (C=O) groups excluding carboxylic acids is 2. The Kier molecular flexibility index (Phi) is 27.3. The van der Waals surface area contributed by atoms with Crippen LogP contribution >= 0.6 is 23.8 Å². The number of H-pyrrole nitrogens is 7. The highest BCUT2D eigenvalue weighted by atomic mass is 32.2. The maximum Gasteiger partial charge on any atom is 0.438 e. The van der Waals surface area contributed by atoms with Crippen molar-refractivity contribution in [1.82, 2.24) is 96.5 Å². The molecule has 0 aromatic carbocycles. The molecule has 10 N–H and O–H groups in total. The Balaban J connectivity index is 0.000000323. The normalized spacial score (nSPS) is 12.0. The number of carbonyl (C=O) groups is 2. The van der Waals surface area contributed by atoms with E-state index in [4.69, 9.17) is 0 Å². The second kappa shape index (κ2) is 33.2. The Morgan fingerprint density at radius 2 is 1.69 bits per heavy atom. The lowest BCUT2D eigenvalue weighted by molar-refractivity contribution is -0.117. The first kappa shape index (κ1) is 47.6. The van der Waals surface area contributed by atoms with Gasteiger partial charge in [-0.25, -0.2) is 44.3 Å². The van der Waals surface area contributed by atoms with Gasteiger partial charge in [0.25, 0.3) is 5.56 Å². The number of amides is 3. The van der Waals surface area contributed by atoms with Crippen molar-refractivity contribution < 1.29 is 40.5 Å². The predicted molar refractivity (Wildman–Crippen MR) is 190 cm³/mol. The monoisotopic (exact) mass is 874 g/mol. The van der Waals surface area contributed by atoms with Gasteiger partial charge in [0.1, 0.15) is 56.8 Å². The highest BCUT2D eigenvalue weighted by molar-refractivity contribution is 7.79. The van der Waals surface area contributed by atoms with Gasteiger partial charge >= 0.3 is 38.5 Å². The number of aromatic amines is 7. The molecule has 8 aromatic rings. The average molecular weight is 875 g/mol. The molecule has 3 amide bonds. The van der Waals surface area contributed by atoms with Crippen LogP contribution in [-0.2, 0) is 20.3 Å². The lowest BCUT2D eigenvalue weighted by atomic mass is 10.7. The van der Waals surface area contributed by atoms with Crippen LogP contribution in [0.3, 0.4) is 0 Å². The largest absolute Gasteiger partial charge is 0.452 e. The predicted octanol–water partition coefficient (Wildman–Crippen LogP) is -2.50. The molecular weight excluding hydrogens is 849 g/mol. The number of oxazole rings is 1. The molecule has 2 aliphatic rings. The van der Waals surface area contributed by atoms with E-state index < -0.39 is 23.1 Å². The van der Waals surface area contributed by atoms with E-state index in [1.807, 2.05) is 5.32 Å². The summed E-state index contributed by atoms with van der Waals surface area (Å²) in [5, 5.41) is 29.8. The Morgan fingerprint density at radius 3 is 1.86 bits per heavy atom. The summed E-state index contributed by atoms with van der Waals surface area (Å²) in [6, 6.07) is 0.907. The first-order chi connectivity index (χ1) is 28.2. The fraction of sp³-hybridized carbons (Fsp3) is 0.0455. The lowest BCUT2D eigenvalue weighted by Crippen LogP contribution is -2.22. The van der Waals surface area contributed by atoms with E-state index in [9.17, 15) is 33.0 Å². The van der Waals surface area contributed by atoms with Crippen LogP contribution in [0.25, 0.3) is 0 Å². The molecule has 58 heavy (non-hydrogen) atoms. The molecule has 1 unspecified atom stereocenters. The number of imide groups is 1. The fourth-order valence-corrected chi connectivity index (χ4v) is 2.69. The van der Waals surface area contributed by atoms with Crippen LogP contribution in [0, 0.1) is 4.84 Å². The summed E-state index contributed by atoms with van der Waals surface area (Å²) >= 11 is 3.89. The Morgan fingerprint density at radius 1 is 0.862 bits per heavy atom. The van der Waals surface area contributed by atoms with E-state index in [0.29, 0.717) is 0 Å². The zero-order valence-electron chi connectivity index (χ0n) is 28.3. The number of hydrogen-bond acceptors (Lipinski definition) is 25. The molecule has 36 heteroatoms. The molecule has 1 atom stereocenters. The number of hydroxylamine groups is 1.